The molecule has 1 atom stereocenters. The second-order valence-corrected chi connectivity index (χ2v) is 3.91. The number of hydrogen-bond donors (Lipinski definition) is 0. The van der Waals surface area contributed by atoms with Gasteiger partial charge in [0.2, 0.25) is 0 Å². The molecule has 0 N–H and O–H groups in total. The standard InChI is InChI=1S/C11H12S/c1-8-10-5-3-2-4-9(10)6-7-11(8)12/h2-5,8H,6-7H2,1H3. The highest BCUT2D eigenvalue weighted by Gasteiger charge is 2.19. The van der Waals surface area contributed by atoms with E-state index in [0.29, 0.717) is 5.92 Å². The molecule has 0 aromatic heterocycles. The lowest BCUT2D eigenvalue weighted by molar-refractivity contribution is 0.874. The van der Waals surface area contributed by atoms with Gasteiger partial charge in [0.1, 0.15) is 0 Å². The molecule has 0 nitrogen and oxygen atoms in total. The molecular weight excluding hydrogens is 164 g/mol. The van der Waals surface area contributed by atoms with Crippen LogP contribution in [0.25, 0.3) is 0 Å². The first-order valence-electron chi connectivity index (χ1n) is 4.39. The molecule has 1 aromatic carbocycles. The first-order valence-corrected chi connectivity index (χ1v) is 4.80. The Morgan fingerprint density at radius 1 is 1.25 bits per heavy atom. The highest BCUT2D eigenvalue weighted by atomic mass is 32.1. The Morgan fingerprint density at radius 3 is 2.83 bits per heavy atom. The lowest BCUT2D eigenvalue weighted by Crippen LogP contribution is -2.15. The van der Waals surface area contributed by atoms with E-state index in [-0.39, 0.29) is 0 Å². The van der Waals surface area contributed by atoms with Gasteiger partial charge < -0.3 is 0 Å². The molecule has 1 aromatic rings. The van der Waals surface area contributed by atoms with Crippen LogP contribution in [0.5, 0.6) is 0 Å². The third-order valence-electron chi connectivity index (χ3n) is 2.65. The smallest absolute Gasteiger partial charge is 0.0128 e. The van der Waals surface area contributed by atoms with Crippen molar-refractivity contribution in [2.24, 2.45) is 0 Å². The van der Waals surface area contributed by atoms with Crippen LogP contribution in [-0.4, -0.2) is 4.86 Å². The van der Waals surface area contributed by atoms with E-state index in [2.05, 4.69) is 31.2 Å². The Balaban J connectivity index is 2.48. The second kappa shape index (κ2) is 2.98. The maximum Gasteiger partial charge on any atom is 0.0128 e. The molecule has 1 aliphatic carbocycles. The van der Waals surface area contributed by atoms with Gasteiger partial charge in [0, 0.05) is 10.8 Å². The van der Waals surface area contributed by atoms with Crippen LogP contribution >= 0.6 is 12.2 Å². The summed E-state index contributed by atoms with van der Waals surface area (Å²) in [5.74, 6) is 0.491. The number of rotatable bonds is 0. The highest BCUT2D eigenvalue weighted by molar-refractivity contribution is 7.80. The molecule has 2 rings (SSSR count). The van der Waals surface area contributed by atoms with E-state index in [9.17, 15) is 0 Å². The largest absolute Gasteiger partial charge is 0.0890 e. The van der Waals surface area contributed by atoms with Gasteiger partial charge >= 0.3 is 0 Å². The number of hydrogen-bond acceptors (Lipinski definition) is 1. The zero-order valence-corrected chi connectivity index (χ0v) is 8.03. The lowest BCUT2D eigenvalue weighted by atomic mass is 9.84. The van der Waals surface area contributed by atoms with E-state index < -0.39 is 0 Å². The van der Waals surface area contributed by atoms with E-state index in [1.54, 1.807) is 0 Å². The zero-order chi connectivity index (χ0) is 8.55. The third-order valence-corrected chi connectivity index (χ3v) is 3.20. The second-order valence-electron chi connectivity index (χ2n) is 3.39. The van der Waals surface area contributed by atoms with Crippen LogP contribution in [0.15, 0.2) is 24.3 Å². The predicted molar refractivity (Wildman–Crippen MR) is 55.8 cm³/mol. The van der Waals surface area contributed by atoms with Gasteiger partial charge in [-0.15, -0.1) is 0 Å². The van der Waals surface area contributed by atoms with Crippen molar-refractivity contribution < 1.29 is 0 Å². The lowest BCUT2D eigenvalue weighted by Gasteiger charge is -2.22. The van der Waals surface area contributed by atoms with E-state index in [1.165, 1.54) is 16.0 Å². The minimum absolute atomic E-state index is 0.491. The summed E-state index contributed by atoms with van der Waals surface area (Å²) in [6.07, 6.45) is 2.23. The third kappa shape index (κ3) is 1.18. The highest BCUT2D eigenvalue weighted by Crippen LogP contribution is 2.28. The fraction of sp³-hybridized carbons (Fsp3) is 0.364. The van der Waals surface area contributed by atoms with Crippen molar-refractivity contribution in [2.45, 2.75) is 25.7 Å². The Kier molecular flexibility index (Phi) is 1.97. The van der Waals surface area contributed by atoms with Crippen LogP contribution in [0.1, 0.15) is 30.4 Å². The normalized spacial score (nSPS) is 22.1. The Morgan fingerprint density at radius 2 is 2.00 bits per heavy atom. The predicted octanol–water partition coefficient (Wildman–Crippen LogP) is 3.11. The van der Waals surface area contributed by atoms with Crippen LogP contribution in [0, 0.1) is 0 Å². The van der Waals surface area contributed by atoms with Crippen molar-refractivity contribution in [1.29, 1.82) is 0 Å². The van der Waals surface area contributed by atoms with Crippen LogP contribution in [0.4, 0.5) is 0 Å². The van der Waals surface area contributed by atoms with E-state index in [0.717, 1.165) is 12.8 Å². The molecule has 0 bridgehead atoms. The summed E-state index contributed by atoms with van der Waals surface area (Å²) in [7, 11) is 0. The fourth-order valence-electron chi connectivity index (χ4n) is 1.83. The molecule has 1 heteroatoms. The molecule has 0 spiro atoms. The van der Waals surface area contributed by atoms with Gasteiger partial charge in [0.25, 0.3) is 0 Å². The summed E-state index contributed by atoms with van der Waals surface area (Å²) >= 11 is 5.30. The van der Waals surface area contributed by atoms with Gasteiger partial charge in [-0.05, 0) is 24.0 Å². The topological polar surface area (TPSA) is 0 Å². The molecular formula is C11H12S. The SMILES string of the molecule is CC1C(=S)CCc2ccccc21. The summed E-state index contributed by atoms with van der Waals surface area (Å²) in [6, 6.07) is 8.63. The number of aryl methyl sites for hydroxylation is 1. The van der Waals surface area contributed by atoms with E-state index in [1.807, 2.05) is 0 Å². The first kappa shape index (κ1) is 7.93. The maximum atomic E-state index is 5.30. The van der Waals surface area contributed by atoms with Crippen molar-refractivity contribution in [1.82, 2.24) is 0 Å². The quantitative estimate of drug-likeness (QED) is 0.547. The Hall–Kier alpha value is -0.690. The summed E-state index contributed by atoms with van der Waals surface area (Å²) in [4.78, 5) is 1.22. The fourth-order valence-corrected chi connectivity index (χ4v) is 2.06. The van der Waals surface area contributed by atoms with Crippen LogP contribution < -0.4 is 0 Å². The molecule has 0 aliphatic heterocycles. The molecule has 1 unspecified atom stereocenters. The molecule has 12 heavy (non-hydrogen) atoms. The van der Waals surface area contributed by atoms with Gasteiger partial charge in [0.15, 0.2) is 0 Å². The number of fused-ring (bicyclic) bond motifs is 1. The van der Waals surface area contributed by atoms with Crippen molar-refractivity contribution in [3.63, 3.8) is 0 Å². The molecule has 62 valence electrons. The van der Waals surface area contributed by atoms with Crippen molar-refractivity contribution in [3.8, 4) is 0 Å². The Bertz CT molecular complexity index is 315. The molecule has 0 heterocycles. The van der Waals surface area contributed by atoms with Gasteiger partial charge in [-0.2, -0.15) is 0 Å². The summed E-state index contributed by atoms with van der Waals surface area (Å²) in [5.41, 5.74) is 2.92. The van der Waals surface area contributed by atoms with Gasteiger partial charge in [0.05, 0.1) is 0 Å². The van der Waals surface area contributed by atoms with Crippen LogP contribution in [0.2, 0.25) is 0 Å². The summed E-state index contributed by atoms with van der Waals surface area (Å²) in [6.45, 7) is 2.21. The van der Waals surface area contributed by atoms with Gasteiger partial charge in [-0.1, -0.05) is 43.4 Å². The minimum Gasteiger partial charge on any atom is -0.0890 e. The van der Waals surface area contributed by atoms with Crippen molar-refractivity contribution in [3.05, 3.63) is 35.4 Å². The number of thiocarbonyl (C=S) groups is 1. The average molecular weight is 176 g/mol. The van der Waals surface area contributed by atoms with Crippen molar-refractivity contribution >= 4 is 17.1 Å². The molecule has 0 fully saturated rings. The van der Waals surface area contributed by atoms with Crippen LogP contribution in [0.3, 0.4) is 0 Å². The van der Waals surface area contributed by atoms with E-state index in [4.69, 9.17) is 12.2 Å². The molecule has 0 radical (unpaired) electrons. The van der Waals surface area contributed by atoms with E-state index >= 15 is 0 Å². The van der Waals surface area contributed by atoms with Crippen molar-refractivity contribution in [2.75, 3.05) is 0 Å². The minimum atomic E-state index is 0.491. The number of benzene rings is 1. The van der Waals surface area contributed by atoms with Crippen LogP contribution in [-0.2, 0) is 6.42 Å². The molecule has 0 amide bonds. The first-order chi connectivity index (χ1) is 5.79. The molecule has 1 aliphatic rings. The average Bonchev–Trinajstić information content (AvgIpc) is 2.12. The summed E-state index contributed by atoms with van der Waals surface area (Å²) < 4.78 is 0. The van der Waals surface area contributed by atoms with Gasteiger partial charge in [-0.25, -0.2) is 0 Å². The molecule has 0 saturated carbocycles. The summed E-state index contributed by atoms with van der Waals surface area (Å²) in [5, 5.41) is 0. The monoisotopic (exact) mass is 176 g/mol. The molecule has 0 saturated heterocycles. The zero-order valence-electron chi connectivity index (χ0n) is 7.21. The Labute approximate surface area is 78.6 Å². The van der Waals surface area contributed by atoms with Gasteiger partial charge in [-0.3, -0.25) is 0 Å². The maximum absolute atomic E-state index is 5.30.